The summed E-state index contributed by atoms with van der Waals surface area (Å²) < 4.78 is 10.9. The maximum Gasteiger partial charge on any atom is 0.331 e. The summed E-state index contributed by atoms with van der Waals surface area (Å²) in [6.07, 6.45) is 7.51. The molecule has 0 radical (unpaired) electrons. The van der Waals surface area contributed by atoms with Gasteiger partial charge >= 0.3 is 11.9 Å². The molecule has 1 aliphatic heterocycles. The first kappa shape index (κ1) is 15.5. The summed E-state index contributed by atoms with van der Waals surface area (Å²) in [7, 11) is 0. The van der Waals surface area contributed by atoms with Crippen molar-refractivity contribution in [3.63, 3.8) is 0 Å². The molecule has 1 spiro atoms. The van der Waals surface area contributed by atoms with Crippen LogP contribution in [0.25, 0.3) is 0 Å². The minimum Gasteiger partial charge on any atom is -0.478 e. The van der Waals surface area contributed by atoms with Crippen LogP contribution >= 0.6 is 0 Å². The Morgan fingerprint density at radius 2 is 2.17 bits per heavy atom. The third-order valence-electron chi connectivity index (χ3n) is 6.40. The molecule has 1 aromatic rings. The van der Waals surface area contributed by atoms with Crippen LogP contribution in [0.15, 0.2) is 34.2 Å². The van der Waals surface area contributed by atoms with Crippen LogP contribution in [0.5, 0.6) is 0 Å². The highest BCUT2D eigenvalue weighted by Gasteiger charge is 2.60. The topological polar surface area (TPSA) is 76.7 Å². The Hall–Kier alpha value is -2.04. The Labute approximate surface area is 140 Å². The zero-order chi connectivity index (χ0) is 16.9. The molecule has 4 rings (SSSR count). The van der Waals surface area contributed by atoms with Gasteiger partial charge in [-0.2, -0.15) is 0 Å². The van der Waals surface area contributed by atoms with Crippen LogP contribution in [-0.4, -0.2) is 17.0 Å². The summed E-state index contributed by atoms with van der Waals surface area (Å²) in [6.45, 7) is 2.12. The summed E-state index contributed by atoms with van der Waals surface area (Å²) >= 11 is 0. The van der Waals surface area contributed by atoms with Gasteiger partial charge in [0.25, 0.3) is 0 Å². The quantitative estimate of drug-likeness (QED) is 0.833. The number of rotatable bonds is 2. The van der Waals surface area contributed by atoms with Crippen molar-refractivity contribution in [1.82, 2.24) is 0 Å². The zero-order valence-electron chi connectivity index (χ0n) is 13.8. The number of esters is 1. The highest BCUT2D eigenvalue weighted by Crippen LogP contribution is 2.60. The van der Waals surface area contributed by atoms with Crippen LogP contribution in [0.3, 0.4) is 0 Å². The lowest BCUT2D eigenvalue weighted by molar-refractivity contribution is -0.155. The fourth-order valence-electron chi connectivity index (χ4n) is 5.14. The van der Waals surface area contributed by atoms with E-state index in [9.17, 15) is 14.7 Å². The molecule has 5 nitrogen and oxygen atoms in total. The molecule has 128 valence electrons. The van der Waals surface area contributed by atoms with Gasteiger partial charge in [-0.3, -0.25) is 4.79 Å². The molecule has 24 heavy (non-hydrogen) atoms. The van der Waals surface area contributed by atoms with Gasteiger partial charge in [0.1, 0.15) is 6.10 Å². The van der Waals surface area contributed by atoms with Crippen LogP contribution < -0.4 is 0 Å². The number of carboxylic acids is 1. The summed E-state index contributed by atoms with van der Waals surface area (Å²) in [6, 6.07) is 1.84. The van der Waals surface area contributed by atoms with Crippen LogP contribution in [0.4, 0.5) is 0 Å². The highest BCUT2D eigenvalue weighted by atomic mass is 16.6. The maximum absolute atomic E-state index is 13.0. The monoisotopic (exact) mass is 330 g/mol. The fourth-order valence-corrected chi connectivity index (χ4v) is 5.14. The van der Waals surface area contributed by atoms with E-state index in [0.29, 0.717) is 18.4 Å². The first-order chi connectivity index (χ1) is 11.5. The number of hydrogen-bond donors (Lipinski definition) is 1. The molecule has 2 aliphatic carbocycles. The van der Waals surface area contributed by atoms with Crippen molar-refractivity contribution in [3.8, 4) is 0 Å². The number of fused-ring (bicyclic) bond motifs is 2. The molecule has 5 heteroatoms. The molecular formula is C19H22O5. The van der Waals surface area contributed by atoms with Gasteiger partial charge in [-0.1, -0.05) is 12.5 Å². The summed E-state index contributed by atoms with van der Waals surface area (Å²) in [5.74, 6) is -0.776. The van der Waals surface area contributed by atoms with Crippen LogP contribution in [-0.2, 0) is 14.3 Å². The smallest absolute Gasteiger partial charge is 0.331 e. The van der Waals surface area contributed by atoms with Gasteiger partial charge in [-0.05, 0) is 50.0 Å². The number of furan rings is 1. The molecule has 1 aromatic heterocycles. The molecule has 3 aliphatic rings. The number of aliphatic carboxylic acids is 1. The fraction of sp³-hybridized carbons (Fsp3) is 0.579. The van der Waals surface area contributed by atoms with E-state index in [0.717, 1.165) is 36.8 Å². The van der Waals surface area contributed by atoms with E-state index in [4.69, 9.17) is 9.15 Å². The van der Waals surface area contributed by atoms with Crippen molar-refractivity contribution >= 4 is 11.9 Å². The Morgan fingerprint density at radius 1 is 1.33 bits per heavy atom. The summed E-state index contributed by atoms with van der Waals surface area (Å²) in [5, 5.41) is 9.56. The van der Waals surface area contributed by atoms with Crippen LogP contribution in [0.1, 0.15) is 57.1 Å². The molecule has 1 saturated carbocycles. The molecule has 0 bridgehead atoms. The number of carboxylic acid groups (broad SMARTS) is 1. The van der Waals surface area contributed by atoms with E-state index in [1.807, 2.05) is 6.07 Å². The van der Waals surface area contributed by atoms with Gasteiger partial charge in [-0.15, -0.1) is 0 Å². The van der Waals surface area contributed by atoms with Crippen molar-refractivity contribution in [2.45, 2.75) is 51.6 Å². The lowest BCUT2D eigenvalue weighted by Gasteiger charge is -2.47. The van der Waals surface area contributed by atoms with E-state index in [2.05, 4.69) is 6.92 Å². The average molecular weight is 330 g/mol. The second-order valence-electron chi connectivity index (χ2n) is 7.39. The molecule has 1 unspecified atom stereocenters. The highest BCUT2D eigenvalue weighted by molar-refractivity contribution is 5.89. The zero-order valence-corrected chi connectivity index (χ0v) is 13.8. The average Bonchev–Trinajstić information content (AvgIpc) is 3.19. The van der Waals surface area contributed by atoms with Crippen LogP contribution in [0.2, 0.25) is 0 Å². The van der Waals surface area contributed by atoms with E-state index >= 15 is 0 Å². The molecule has 0 aromatic carbocycles. The van der Waals surface area contributed by atoms with Gasteiger partial charge in [-0.25, -0.2) is 4.79 Å². The van der Waals surface area contributed by atoms with E-state index in [1.54, 1.807) is 12.5 Å². The molecule has 2 heterocycles. The first-order valence-electron chi connectivity index (χ1n) is 8.72. The van der Waals surface area contributed by atoms with Crippen LogP contribution in [0, 0.1) is 17.3 Å². The van der Waals surface area contributed by atoms with Gasteiger partial charge in [0.05, 0.1) is 17.9 Å². The van der Waals surface area contributed by atoms with Gasteiger partial charge in [0.2, 0.25) is 0 Å². The summed E-state index contributed by atoms with van der Waals surface area (Å²) in [4.78, 5) is 24.6. The number of allylic oxidation sites excluding steroid dienone is 1. The summed E-state index contributed by atoms with van der Waals surface area (Å²) in [5.41, 5.74) is 1.84. The molecule has 1 N–H and O–H groups in total. The predicted molar refractivity (Wildman–Crippen MR) is 85.0 cm³/mol. The van der Waals surface area contributed by atoms with E-state index in [1.165, 1.54) is 0 Å². The molecule has 2 fully saturated rings. The lowest BCUT2D eigenvalue weighted by atomic mass is 9.54. The standard InChI is InChI=1S/C19H22O5/c1-11-5-6-13-14(17(20)21)3-2-4-15(13)19(11)9-16(24-18(19)22)12-7-8-23-10-12/h7-8,10-11,15-16H,2-6,9H2,1H3,(H,20,21)/t11-,15?,16+,19-/m1/s1. The Balaban J connectivity index is 1.76. The van der Waals surface area contributed by atoms with Crippen molar-refractivity contribution in [1.29, 1.82) is 0 Å². The second-order valence-corrected chi connectivity index (χ2v) is 7.39. The number of ether oxygens (including phenoxy) is 1. The largest absolute Gasteiger partial charge is 0.478 e. The second kappa shape index (κ2) is 5.50. The predicted octanol–water partition coefficient (Wildman–Crippen LogP) is 3.87. The maximum atomic E-state index is 13.0. The minimum absolute atomic E-state index is 0.00509. The van der Waals surface area contributed by atoms with Crippen molar-refractivity contribution < 1.29 is 23.8 Å². The van der Waals surface area contributed by atoms with E-state index < -0.39 is 11.4 Å². The third-order valence-corrected chi connectivity index (χ3v) is 6.40. The van der Waals surface area contributed by atoms with Crippen molar-refractivity contribution in [2.75, 3.05) is 0 Å². The number of carbonyl (C=O) groups excluding carboxylic acids is 1. The molecule has 1 saturated heterocycles. The Bertz CT molecular complexity index is 701. The van der Waals surface area contributed by atoms with Gasteiger partial charge < -0.3 is 14.3 Å². The minimum atomic E-state index is -0.822. The Morgan fingerprint density at radius 3 is 2.88 bits per heavy atom. The normalized spacial score (nSPS) is 35.9. The first-order valence-corrected chi connectivity index (χ1v) is 8.72. The van der Waals surface area contributed by atoms with Crippen molar-refractivity contribution in [2.24, 2.45) is 17.3 Å². The third kappa shape index (κ3) is 2.06. The molecule has 0 amide bonds. The molecular weight excluding hydrogens is 308 g/mol. The van der Waals surface area contributed by atoms with Gasteiger partial charge in [0, 0.05) is 17.6 Å². The lowest BCUT2D eigenvalue weighted by Crippen LogP contribution is -2.46. The SMILES string of the molecule is C[C@@H]1CCC2=C(C(=O)O)CCCC2[C@@]12C[C@@H](c1ccoc1)OC2=O. The number of hydrogen-bond acceptors (Lipinski definition) is 4. The molecule has 4 atom stereocenters. The van der Waals surface area contributed by atoms with Crippen molar-refractivity contribution in [3.05, 3.63) is 35.3 Å². The Kier molecular flexibility index (Phi) is 3.55. The van der Waals surface area contributed by atoms with Gasteiger partial charge in [0.15, 0.2) is 0 Å². The number of cyclic esters (lactones) is 1. The van der Waals surface area contributed by atoms with E-state index in [-0.39, 0.29) is 23.9 Å². The number of carbonyl (C=O) groups is 2.